The van der Waals surface area contributed by atoms with Gasteiger partial charge in [0.1, 0.15) is 6.10 Å². The molecular formula is C11H24N2O2. The second-order valence-electron chi connectivity index (χ2n) is 4.54. The first-order chi connectivity index (χ1) is 6.82. The monoisotopic (exact) mass is 216 g/mol. The summed E-state index contributed by atoms with van der Waals surface area (Å²) in [7, 11) is 0. The Morgan fingerprint density at radius 3 is 2.40 bits per heavy atom. The summed E-state index contributed by atoms with van der Waals surface area (Å²) in [6, 6.07) is 0.185. The zero-order valence-corrected chi connectivity index (χ0v) is 10.5. The maximum atomic E-state index is 11.6. The van der Waals surface area contributed by atoms with Gasteiger partial charge in [-0.1, -0.05) is 6.92 Å². The SMILES string of the molecule is CCC(C)NC(=O)C(C)OC(C)(C)CN. The molecule has 0 rings (SSSR count). The van der Waals surface area contributed by atoms with E-state index in [9.17, 15) is 4.79 Å². The van der Waals surface area contributed by atoms with Crippen LogP contribution in [0.15, 0.2) is 0 Å². The molecule has 0 aliphatic heterocycles. The molecule has 0 aromatic rings. The molecule has 2 unspecified atom stereocenters. The van der Waals surface area contributed by atoms with Gasteiger partial charge in [-0.25, -0.2) is 0 Å². The molecule has 0 spiro atoms. The molecule has 0 aromatic carbocycles. The predicted molar refractivity (Wildman–Crippen MR) is 61.6 cm³/mol. The van der Waals surface area contributed by atoms with Crippen molar-refractivity contribution in [2.24, 2.45) is 5.73 Å². The van der Waals surface area contributed by atoms with Crippen LogP contribution in [-0.4, -0.2) is 30.2 Å². The van der Waals surface area contributed by atoms with Gasteiger partial charge in [0.25, 0.3) is 0 Å². The number of ether oxygens (including phenoxy) is 1. The number of hydrogen-bond acceptors (Lipinski definition) is 3. The Balaban J connectivity index is 4.10. The van der Waals surface area contributed by atoms with Crippen LogP contribution in [0.25, 0.3) is 0 Å². The first-order valence-corrected chi connectivity index (χ1v) is 5.50. The van der Waals surface area contributed by atoms with E-state index in [1.165, 1.54) is 0 Å². The fourth-order valence-electron chi connectivity index (χ4n) is 1.04. The van der Waals surface area contributed by atoms with Crippen LogP contribution >= 0.6 is 0 Å². The average Bonchev–Trinajstić information content (AvgIpc) is 2.16. The summed E-state index contributed by atoms with van der Waals surface area (Å²) >= 11 is 0. The third-order valence-electron chi connectivity index (χ3n) is 2.36. The third kappa shape index (κ3) is 5.74. The van der Waals surface area contributed by atoms with Gasteiger partial charge in [0.2, 0.25) is 5.91 Å². The number of hydrogen-bond donors (Lipinski definition) is 2. The number of carbonyl (C=O) groups is 1. The van der Waals surface area contributed by atoms with Crippen molar-refractivity contribution in [3.63, 3.8) is 0 Å². The fraction of sp³-hybridized carbons (Fsp3) is 0.909. The Morgan fingerprint density at radius 2 is 2.00 bits per heavy atom. The van der Waals surface area contributed by atoms with Crippen LogP contribution in [0.4, 0.5) is 0 Å². The van der Waals surface area contributed by atoms with Gasteiger partial charge < -0.3 is 15.8 Å². The number of nitrogens with two attached hydrogens (primary N) is 1. The Morgan fingerprint density at radius 1 is 1.47 bits per heavy atom. The largest absolute Gasteiger partial charge is 0.362 e. The van der Waals surface area contributed by atoms with Gasteiger partial charge >= 0.3 is 0 Å². The van der Waals surface area contributed by atoms with Crippen LogP contribution in [0.1, 0.15) is 41.0 Å². The van der Waals surface area contributed by atoms with Crippen LogP contribution in [0, 0.1) is 0 Å². The number of carbonyl (C=O) groups excluding carboxylic acids is 1. The van der Waals surface area contributed by atoms with Crippen molar-refractivity contribution in [3.05, 3.63) is 0 Å². The summed E-state index contributed by atoms with van der Waals surface area (Å²) in [5.74, 6) is -0.0779. The van der Waals surface area contributed by atoms with E-state index in [1.807, 2.05) is 27.7 Å². The number of nitrogens with one attached hydrogen (secondary N) is 1. The summed E-state index contributed by atoms with van der Waals surface area (Å²) in [6.07, 6.45) is 0.455. The second-order valence-corrected chi connectivity index (χ2v) is 4.54. The van der Waals surface area contributed by atoms with Gasteiger partial charge in [-0.3, -0.25) is 4.79 Å². The standard InChI is InChI=1S/C11H24N2O2/c1-6-8(2)13-10(14)9(3)15-11(4,5)7-12/h8-9H,6-7,12H2,1-5H3,(H,13,14). The highest BCUT2D eigenvalue weighted by molar-refractivity contribution is 5.80. The lowest BCUT2D eigenvalue weighted by molar-refractivity contribution is -0.141. The molecule has 3 N–H and O–H groups in total. The molecule has 0 aliphatic carbocycles. The van der Waals surface area contributed by atoms with Crippen LogP contribution in [0.3, 0.4) is 0 Å². The molecule has 0 radical (unpaired) electrons. The predicted octanol–water partition coefficient (Wildman–Crippen LogP) is 1.04. The normalized spacial score (nSPS) is 15.9. The summed E-state index contributed by atoms with van der Waals surface area (Å²) in [6.45, 7) is 9.89. The fourth-order valence-corrected chi connectivity index (χ4v) is 1.04. The lowest BCUT2D eigenvalue weighted by Gasteiger charge is -2.27. The van der Waals surface area contributed by atoms with Gasteiger partial charge in [-0.2, -0.15) is 0 Å². The quantitative estimate of drug-likeness (QED) is 0.697. The van der Waals surface area contributed by atoms with E-state index in [1.54, 1.807) is 6.92 Å². The van der Waals surface area contributed by atoms with E-state index in [0.717, 1.165) is 6.42 Å². The van der Waals surface area contributed by atoms with Crippen LogP contribution in [0.5, 0.6) is 0 Å². The third-order valence-corrected chi connectivity index (χ3v) is 2.36. The molecular weight excluding hydrogens is 192 g/mol. The van der Waals surface area contributed by atoms with Crippen LogP contribution in [-0.2, 0) is 9.53 Å². The first kappa shape index (κ1) is 14.4. The van der Waals surface area contributed by atoms with Crippen molar-refractivity contribution in [1.82, 2.24) is 5.32 Å². The summed E-state index contributed by atoms with van der Waals surface area (Å²) in [5.41, 5.74) is 5.07. The lowest BCUT2D eigenvalue weighted by Crippen LogP contribution is -2.45. The highest BCUT2D eigenvalue weighted by atomic mass is 16.5. The van der Waals surface area contributed by atoms with E-state index in [4.69, 9.17) is 10.5 Å². The van der Waals surface area contributed by atoms with E-state index in [-0.39, 0.29) is 11.9 Å². The highest BCUT2D eigenvalue weighted by Crippen LogP contribution is 2.10. The molecule has 2 atom stereocenters. The van der Waals surface area contributed by atoms with Gasteiger partial charge in [-0.15, -0.1) is 0 Å². The molecule has 15 heavy (non-hydrogen) atoms. The van der Waals surface area contributed by atoms with Crippen molar-refractivity contribution in [1.29, 1.82) is 0 Å². The highest BCUT2D eigenvalue weighted by Gasteiger charge is 2.24. The number of amides is 1. The molecule has 0 saturated heterocycles. The molecule has 4 nitrogen and oxygen atoms in total. The van der Waals surface area contributed by atoms with Crippen LogP contribution in [0.2, 0.25) is 0 Å². The summed E-state index contributed by atoms with van der Waals surface area (Å²) < 4.78 is 5.56. The summed E-state index contributed by atoms with van der Waals surface area (Å²) in [5, 5.41) is 2.87. The van der Waals surface area contributed by atoms with Crippen LogP contribution < -0.4 is 11.1 Å². The van der Waals surface area contributed by atoms with Crippen molar-refractivity contribution >= 4 is 5.91 Å². The summed E-state index contributed by atoms with van der Waals surface area (Å²) in [4.78, 5) is 11.6. The molecule has 1 amide bonds. The van der Waals surface area contributed by atoms with Crippen molar-refractivity contribution < 1.29 is 9.53 Å². The van der Waals surface area contributed by atoms with Gasteiger partial charge in [0.15, 0.2) is 0 Å². The molecule has 0 aromatic heterocycles. The van der Waals surface area contributed by atoms with Gasteiger partial charge in [0, 0.05) is 12.6 Å². The number of rotatable bonds is 6. The minimum absolute atomic E-state index is 0.0779. The Hall–Kier alpha value is -0.610. The zero-order valence-electron chi connectivity index (χ0n) is 10.5. The lowest BCUT2D eigenvalue weighted by atomic mass is 10.1. The van der Waals surface area contributed by atoms with Crippen molar-refractivity contribution in [2.75, 3.05) is 6.54 Å². The van der Waals surface area contributed by atoms with Gasteiger partial charge in [-0.05, 0) is 34.1 Å². The minimum atomic E-state index is -0.461. The second kappa shape index (κ2) is 6.08. The Labute approximate surface area is 92.6 Å². The van der Waals surface area contributed by atoms with Crippen molar-refractivity contribution in [2.45, 2.75) is 58.8 Å². The molecule has 90 valence electrons. The van der Waals surface area contributed by atoms with Gasteiger partial charge in [0.05, 0.1) is 5.60 Å². The first-order valence-electron chi connectivity index (χ1n) is 5.50. The van der Waals surface area contributed by atoms with E-state index in [0.29, 0.717) is 6.54 Å². The molecule has 0 aliphatic rings. The molecule has 0 saturated carbocycles. The van der Waals surface area contributed by atoms with Crippen molar-refractivity contribution in [3.8, 4) is 0 Å². The Bertz CT molecular complexity index is 205. The minimum Gasteiger partial charge on any atom is -0.362 e. The topological polar surface area (TPSA) is 64.3 Å². The Kier molecular flexibility index (Phi) is 5.83. The maximum absolute atomic E-state index is 11.6. The molecule has 0 fully saturated rings. The van der Waals surface area contributed by atoms with E-state index < -0.39 is 11.7 Å². The average molecular weight is 216 g/mol. The maximum Gasteiger partial charge on any atom is 0.249 e. The zero-order chi connectivity index (χ0) is 12.1. The smallest absolute Gasteiger partial charge is 0.249 e. The van der Waals surface area contributed by atoms with E-state index in [2.05, 4.69) is 5.32 Å². The molecule has 4 heteroatoms. The molecule has 0 bridgehead atoms. The van der Waals surface area contributed by atoms with E-state index >= 15 is 0 Å². The molecule has 0 heterocycles.